The maximum absolute atomic E-state index is 5.46. The molecule has 0 bridgehead atoms. The third-order valence-corrected chi connectivity index (χ3v) is 4.42. The van der Waals surface area contributed by atoms with Crippen molar-refractivity contribution in [3.05, 3.63) is 12.2 Å². The first-order valence-electron chi connectivity index (χ1n) is 10.5. The molecule has 3 N–H and O–H groups in total. The smallest absolute Gasteiger partial charge is 0.00369 e. The number of nitrogens with two attached hydrogens (primary N) is 1. The summed E-state index contributed by atoms with van der Waals surface area (Å²) in [7, 11) is 0. The highest BCUT2D eigenvalue weighted by Gasteiger charge is 1.92. The second-order valence-electron chi connectivity index (χ2n) is 6.83. The Kier molecular flexibility index (Phi) is 34.8. The van der Waals surface area contributed by atoms with Gasteiger partial charge in [-0.25, -0.2) is 0 Å². The minimum absolute atomic E-state index is 0. The maximum atomic E-state index is 5.46. The van der Waals surface area contributed by atoms with Gasteiger partial charge in [-0.15, -0.1) is 24.8 Å². The Bertz CT molecular complexity index is 236. The van der Waals surface area contributed by atoms with Crippen LogP contribution in [0.15, 0.2) is 12.2 Å². The van der Waals surface area contributed by atoms with E-state index in [0.717, 1.165) is 19.5 Å². The standard InChI is InChI=1S/C21H44N2.2ClH/c1-2-3-4-5-6-7-8-9-10-11-12-13-14-15-16-17-20-23-21-18-19-22;;/h9-10,23H,2-8,11-22H2,1H3;2*1H. The molecule has 0 rings (SSSR count). The fourth-order valence-corrected chi connectivity index (χ4v) is 2.85. The average Bonchev–Trinajstić information content (AvgIpc) is 2.57. The molecule has 0 radical (unpaired) electrons. The Morgan fingerprint density at radius 2 is 1.04 bits per heavy atom. The van der Waals surface area contributed by atoms with Gasteiger partial charge in [-0.1, -0.05) is 76.9 Å². The van der Waals surface area contributed by atoms with E-state index in [1.54, 1.807) is 0 Å². The summed E-state index contributed by atoms with van der Waals surface area (Å²) in [6.45, 7) is 5.34. The first-order chi connectivity index (χ1) is 11.4. The van der Waals surface area contributed by atoms with Gasteiger partial charge in [-0.3, -0.25) is 0 Å². The molecule has 154 valence electrons. The van der Waals surface area contributed by atoms with Crippen LogP contribution in [0.3, 0.4) is 0 Å². The topological polar surface area (TPSA) is 38.0 Å². The van der Waals surface area contributed by atoms with Gasteiger partial charge in [0.25, 0.3) is 0 Å². The van der Waals surface area contributed by atoms with E-state index < -0.39 is 0 Å². The molecule has 0 aliphatic heterocycles. The lowest BCUT2D eigenvalue weighted by Gasteiger charge is -2.03. The molecule has 0 aliphatic carbocycles. The normalized spacial score (nSPS) is 10.6. The quantitative estimate of drug-likeness (QED) is 0.186. The highest BCUT2D eigenvalue weighted by Crippen LogP contribution is 2.09. The van der Waals surface area contributed by atoms with E-state index in [-0.39, 0.29) is 24.8 Å². The lowest BCUT2D eigenvalue weighted by atomic mass is 10.1. The predicted molar refractivity (Wildman–Crippen MR) is 120 cm³/mol. The van der Waals surface area contributed by atoms with E-state index in [0.29, 0.717) is 0 Å². The lowest BCUT2D eigenvalue weighted by Crippen LogP contribution is -2.19. The van der Waals surface area contributed by atoms with Crippen LogP contribution in [0.5, 0.6) is 0 Å². The summed E-state index contributed by atoms with van der Waals surface area (Å²) in [4.78, 5) is 0. The molecule has 25 heavy (non-hydrogen) atoms. The van der Waals surface area contributed by atoms with Crippen molar-refractivity contribution in [1.82, 2.24) is 5.32 Å². The molecule has 0 fully saturated rings. The number of unbranched alkanes of at least 4 members (excludes halogenated alkanes) is 12. The van der Waals surface area contributed by atoms with Gasteiger partial charge in [0.1, 0.15) is 0 Å². The monoisotopic (exact) mass is 396 g/mol. The lowest BCUT2D eigenvalue weighted by molar-refractivity contribution is 0.562. The Morgan fingerprint density at radius 3 is 1.56 bits per heavy atom. The van der Waals surface area contributed by atoms with E-state index in [4.69, 9.17) is 5.73 Å². The molecule has 0 aromatic heterocycles. The number of rotatable bonds is 19. The van der Waals surface area contributed by atoms with Crippen molar-refractivity contribution in [2.45, 2.75) is 103 Å². The predicted octanol–water partition coefficient (Wildman–Crippen LogP) is 6.81. The van der Waals surface area contributed by atoms with Gasteiger partial charge in [-0.2, -0.15) is 0 Å². The minimum Gasteiger partial charge on any atom is -0.330 e. The molecule has 0 aliphatic rings. The highest BCUT2D eigenvalue weighted by molar-refractivity contribution is 5.85. The summed E-state index contributed by atoms with van der Waals surface area (Å²) in [6, 6.07) is 0. The summed E-state index contributed by atoms with van der Waals surface area (Å²) in [6.07, 6.45) is 25.3. The van der Waals surface area contributed by atoms with Crippen LogP contribution in [0.4, 0.5) is 0 Å². The molecular formula is C21H46Cl2N2. The van der Waals surface area contributed by atoms with Gasteiger partial charge < -0.3 is 11.1 Å². The number of halogens is 2. The van der Waals surface area contributed by atoms with Crippen LogP contribution >= 0.6 is 24.8 Å². The Hall–Kier alpha value is 0.240. The zero-order valence-corrected chi connectivity index (χ0v) is 18.4. The summed E-state index contributed by atoms with van der Waals surface area (Å²) < 4.78 is 0. The third kappa shape index (κ3) is 29.3. The van der Waals surface area contributed by atoms with Crippen LogP contribution in [0, 0.1) is 0 Å². The van der Waals surface area contributed by atoms with Gasteiger partial charge >= 0.3 is 0 Å². The summed E-state index contributed by atoms with van der Waals surface area (Å²) >= 11 is 0. The van der Waals surface area contributed by atoms with Gasteiger partial charge in [-0.05, 0) is 58.2 Å². The van der Waals surface area contributed by atoms with Gasteiger partial charge in [0.15, 0.2) is 0 Å². The number of hydrogen-bond donors (Lipinski definition) is 2. The molecule has 4 heteroatoms. The summed E-state index contributed by atoms with van der Waals surface area (Å²) in [5.74, 6) is 0. The Morgan fingerprint density at radius 1 is 0.600 bits per heavy atom. The number of hydrogen-bond acceptors (Lipinski definition) is 2. The Balaban J connectivity index is -0.00000242. The molecule has 0 heterocycles. The first kappa shape index (κ1) is 30.0. The second kappa shape index (κ2) is 29.0. The molecule has 0 saturated heterocycles. The van der Waals surface area contributed by atoms with Crippen molar-refractivity contribution >= 4 is 24.8 Å². The SMILES string of the molecule is CCCCCCCCC=CCCCCCCCCNCCCN.Cl.Cl. The van der Waals surface area contributed by atoms with Crippen LogP contribution in [0.1, 0.15) is 103 Å². The van der Waals surface area contributed by atoms with Crippen molar-refractivity contribution < 1.29 is 0 Å². The van der Waals surface area contributed by atoms with E-state index in [2.05, 4.69) is 24.4 Å². The largest absolute Gasteiger partial charge is 0.330 e. The van der Waals surface area contributed by atoms with Crippen molar-refractivity contribution in [3.8, 4) is 0 Å². The summed E-state index contributed by atoms with van der Waals surface area (Å²) in [5.41, 5.74) is 5.46. The van der Waals surface area contributed by atoms with Crippen LogP contribution in [0.25, 0.3) is 0 Å². The molecule has 0 spiro atoms. The second-order valence-corrected chi connectivity index (χ2v) is 6.83. The van der Waals surface area contributed by atoms with E-state index in [9.17, 15) is 0 Å². The highest BCUT2D eigenvalue weighted by atomic mass is 35.5. The molecule has 0 unspecified atom stereocenters. The van der Waals surface area contributed by atoms with Crippen molar-refractivity contribution in [1.29, 1.82) is 0 Å². The first-order valence-corrected chi connectivity index (χ1v) is 10.5. The van der Waals surface area contributed by atoms with Crippen LogP contribution in [-0.4, -0.2) is 19.6 Å². The van der Waals surface area contributed by atoms with Gasteiger partial charge in [0.2, 0.25) is 0 Å². The maximum Gasteiger partial charge on any atom is -0.00369 e. The third-order valence-electron chi connectivity index (χ3n) is 4.42. The molecule has 0 aromatic rings. The zero-order valence-electron chi connectivity index (χ0n) is 16.8. The molecule has 0 amide bonds. The van der Waals surface area contributed by atoms with E-state index >= 15 is 0 Å². The van der Waals surface area contributed by atoms with Crippen LogP contribution in [0.2, 0.25) is 0 Å². The fourth-order valence-electron chi connectivity index (χ4n) is 2.85. The summed E-state index contributed by atoms with van der Waals surface area (Å²) in [5, 5.41) is 3.45. The van der Waals surface area contributed by atoms with Crippen molar-refractivity contribution in [2.24, 2.45) is 5.73 Å². The molecular weight excluding hydrogens is 351 g/mol. The molecule has 2 nitrogen and oxygen atoms in total. The van der Waals surface area contributed by atoms with E-state index in [1.807, 2.05) is 0 Å². The zero-order chi connectivity index (χ0) is 16.8. The van der Waals surface area contributed by atoms with Gasteiger partial charge in [0.05, 0.1) is 0 Å². The van der Waals surface area contributed by atoms with Crippen molar-refractivity contribution in [2.75, 3.05) is 19.6 Å². The van der Waals surface area contributed by atoms with E-state index in [1.165, 1.54) is 96.4 Å². The van der Waals surface area contributed by atoms with Crippen LogP contribution < -0.4 is 11.1 Å². The van der Waals surface area contributed by atoms with Crippen molar-refractivity contribution in [3.63, 3.8) is 0 Å². The van der Waals surface area contributed by atoms with Crippen LogP contribution in [-0.2, 0) is 0 Å². The number of nitrogens with one attached hydrogen (secondary N) is 1. The fraction of sp³-hybridized carbons (Fsp3) is 0.905. The number of allylic oxidation sites excluding steroid dienone is 2. The minimum atomic E-state index is 0. The molecule has 0 saturated carbocycles. The molecule has 0 atom stereocenters. The average molecular weight is 398 g/mol. The molecule has 0 aromatic carbocycles. The van der Waals surface area contributed by atoms with Gasteiger partial charge in [0, 0.05) is 0 Å². The Labute approximate surface area is 171 Å².